The molecule has 1 aromatic rings. The average molecular weight is 177 g/mol. The predicted molar refractivity (Wildman–Crippen MR) is 51.3 cm³/mol. The molecule has 2 heteroatoms. The van der Waals surface area contributed by atoms with E-state index >= 15 is 0 Å². The lowest BCUT2D eigenvalue weighted by molar-refractivity contribution is 0.0618. The van der Waals surface area contributed by atoms with Gasteiger partial charge in [0.25, 0.3) is 0 Å². The van der Waals surface area contributed by atoms with Crippen LogP contribution in [0.2, 0.25) is 0 Å². The highest BCUT2D eigenvalue weighted by Gasteiger charge is 2.26. The standard InChI is InChI=1S/C11H15NO/c1-8-5-10(7-12-6-8)11(13)9-3-2-4-9/h5-7,9,11,13H,2-4H2,1H3. The van der Waals surface area contributed by atoms with Crippen LogP contribution in [0, 0.1) is 12.8 Å². The van der Waals surface area contributed by atoms with E-state index in [1.807, 2.05) is 19.2 Å². The van der Waals surface area contributed by atoms with Crippen LogP contribution in [-0.2, 0) is 0 Å². The van der Waals surface area contributed by atoms with Crippen molar-refractivity contribution in [1.82, 2.24) is 4.98 Å². The molecule has 2 rings (SSSR count). The molecule has 1 aliphatic rings. The Labute approximate surface area is 78.6 Å². The van der Waals surface area contributed by atoms with E-state index in [4.69, 9.17) is 0 Å². The number of hydrogen-bond acceptors (Lipinski definition) is 2. The molecule has 0 spiro atoms. The van der Waals surface area contributed by atoms with E-state index in [0.717, 1.165) is 24.0 Å². The molecule has 0 amide bonds. The number of aromatic nitrogens is 1. The summed E-state index contributed by atoms with van der Waals surface area (Å²) >= 11 is 0. The van der Waals surface area contributed by atoms with Crippen molar-refractivity contribution in [2.45, 2.75) is 32.3 Å². The number of rotatable bonds is 2. The summed E-state index contributed by atoms with van der Waals surface area (Å²) in [7, 11) is 0. The number of pyridine rings is 1. The summed E-state index contributed by atoms with van der Waals surface area (Å²) in [6.45, 7) is 2.00. The molecular formula is C11H15NO. The molecule has 1 aliphatic carbocycles. The third-order valence-corrected chi connectivity index (χ3v) is 2.83. The van der Waals surface area contributed by atoms with Gasteiger partial charge < -0.3 is 5.11 Å². The van der Waals surface area contributed by atoms with Crippen molar-refractivity contribution < 1.29 is 5.11 Å². The van der Waals surface area contributed by atoms with E-state index in [1.165, 1.54) is 6.42 Å². The van der Waals surface area contributed by atoms with Gasteiger partial charge >= 0.3 is 0 Å². The summed E-state index contributed by atoms with van der Waals surface area (Å²) in [6, 6.07) is 2.02. The molecule has 1 aromatic heterocycles. The zero-order valence-corrected chi connectivity index (χ0v) is 7.90. The second-order valence-electron chi connectivity index (χ2n) is 3.93. The Bertz CT molecular complexity index is 294. The zero-order chi connectivity index (χ0) is 9.26. The fraction of sp³-hybridized carbons (Fsp3) is 0.545. The smallest absolute Gasteiger partial charge is 0.0833 e. The van der Waals surface area contributed by atoms with E-state index in [2.05, 4.69) is 4.98 Å². The second-order valence-corrected chi connectivity index (χ2v) is 3.93. The Morgan fingerprint density at radius 3 is 2.77 bits per heavy atom. The molecule has 13 heavy (non-hydrogen) atoms. The first-order chi connectivity index (χ1) is 6.27. The van der Waals surface area contributed by atoms with E-state index in [1.54, 1.807) is 6.20 Å². The van der Waals surface area contributed by atoms with Gasteiger partial charge in [-0.3, -0.25) is 4.98 Å². The maximum Gasteiger partial charge on any atom is 0.0833 e. The van der Waals surface area contributed by atoms with Crippen molar-refractivity contribution >= 4 is 0 Å². The van der Waals surface area contributed by atoms with E-state index in [9.17, 15) is 5.11 Å². The highest BCUT2D eigenvalue weighted by atomic mass is 16.3. The second kappa shape index (κ2) is 3.46. The minimum atomic E-state index is -0.291. The van der Waals surface area contributed by atoms with Crippen molar-refractivity contribution in [1.29, 1.82) is 0 Å². The lowest BCUT2D eigenvalue weighted by Gasteiger charge is -2.30. The van der Waals surface area contributed by atoms with E-state index in [-0.39, 0.29) is 6.10 Å². The molecule has 0 aromatic carbocycles. The number of nitrogens with zero attached hydrogens (tertiary/aromatic N) is 1. The van der Waals surface area contributed by atoms with Crippen molar-refractivity contribution in [2.75, 3.05) is 0 Å². The first-order valence-corrected chi connectivity index (χ1v) is 4.87. The summed E-state index contributed by atoms with van der Waals surface area (Å²) < 4.78 is 0. The predicted octanol–water partition coefficient (Wildman–Crippen LogP) is 2.22. The Morgan fingerprint density at radius 1 is 1.46 bits per heavy atom. The van der Waals surface area contributed by atoms with Gasteiger partial charge in [-0.25, -0.2) is 0 Å². The van der Waals surface area contributed by atoms with Gasteiger partial charge in [-0.1, -0.05) is 12.5 Å². The summed E-state index contributed by atoms with van der Waals surface area (Å²) in [5.41, 5.74) is 2.10. The monoisotopic (exact) mass is 177 g/mol. The van der Waals surface area contributed by atoms with Crippen molar-refractivity contribution in [2.24, 2.45) is 5.92 Å². The number of aliphatic hydroxyl groups is 1. The molecule has 1 atom stereocenters. The quantitative estimate of drug-likeness (QED) is 0.751. The first-order valence-electron chi connectivity index (χ1n) is 4.87. The van der Waals surface area contributed by atoms with Crippen LogP contribution in [0.15, 0.2) is 18.5 Å². The van der Waals surface area contributed by atoms with Gasteiger partial charge in [0.2, 0.25) is 0 Å². The van der Waals surface area contributed by atoms with Gasteiger partial charge in [-0.05, 0) is 36.8 Å². The molecule has 70 valence electrons. The third kappa shape index (κ3) is 1.73. The lowest BCUT2D eigenvalue weighted by Crippen LogP contribution is -2.20. The summed E-state index contributed by atoms with van der Waals surface area (Å²) in [6.07, 6.45) is 6.89. The van der Waals surface area contributed by atoms with Gasteiger partial charge in [-0.15, -0.1) is 0 Å². The fourth-order valence-electron chi connectivity index (χ4n) is 1.77. The third-order valence-electron chi connectivity index (χ3n) is 2.83. The average Bonchev–Trinajstić information content (AvgIpc) is 2.01. The number of aryl methyl sites for hydroxylation is 1. The van der Waals surface area contributed by atoms with Crippen molar-refractivity contribution in [3.05, 3.63) is 29.6 Å². The molecule has 1 heterocycles. The molecule has 1 fully saturated rings. The Hall–Kier alpha value is -0.890. The normalized spacial score (nSPS) is 19.5. The Kier molecular flexibility index (Phi) is 2.32. The molecule has 1 N–H and O–H groups in total. The number of aliphatic hydroxyl groups excluding tert-OH is 1. The molecular weight excluding hydrogens is 162 g/mol. The van der Waals surface area contributed by atoms with Crippen molar-refractivity contribution in [3.8, 4) is 0 Å². The maximum atomic E-state index is 9.92. The van der Waals surface area contributed by atoms with Crippen LogP contribution in [-0.4, -0.2) is 10.1 Å². The molecule has 2 nitrogen and oxygen atoms in total. The van der Waals surface area contributed by atoms with Crippen LogP contribution in [0.5, 0.6) is 0 Å². The highest BCUT2D eigenvalue weighted by molar-refractivity contribution is 5.19. The zero-order valence-electron chi connectivity index (χ0n) is 7.90. The molecule has 0 aliphatic heterocycles. The highest BCUT2D eigenvalue weighted by Crippen LogP contribution is 2.37. The largest absolute Gasteiger partial charge is 0.388 e. The minimum absolute atomic E-state index is 0.291. The molecule has 0 bridgehead atoms. The Morgan fingerprint density at radius 2 is 2.23 bits per heavy atom. The fourth-order valence-corrected chi connectivity index (χ4v) is 1.77. The van der Waals surface area contributed by atoms with Gasteiger partial charge in [0, 0.05) is 12.4 Å². The van der Waals surface area contributed by atoms with Gasteiger partial charge in [0.05, 0.1) is 6.10 Å². The van der Waals surface area contributed by atoms with E-state index in [0.29, 0.717) is 5.92 Å². The van der Waals surface area contributed by atoms with E-state index < -0.39 is 0 Å². The van der Waals surface area contributed by atoms with Gasteiger partial charge in [0.15, 0.2) is 0 Å². The van der Waals surface area contributed by atoms with Gasteiger partial charge in [0.1, 0.15) is 0 Å². The van der Waals surface area contributed by atoms with Crippen LogP contribution in [0.1, 0.15) is 36.5 Å². The first kappa shape index (κ1) is 8.70. The SMILES string of the molecule is Cc1cncc(C(O)C2CCC2)c1. The van der Waals surface area contributed by atoms with Crippen LogP contribution in [0.3, 0.4) is 0 Å². The van der Waals surface area contributed by atoms with Gasteiger partial charge in [-0.2, -0.15) is 0 Å². The van der Waals surface area contributed by atoms with Crippen LogP contribution in [0.25, 0.3) is 0 Å². The molecule has 1 unspecified atom stereocenters. The van der Waals surface area contributed by atoms with Crippen LogP contribution in [0.4, 0.5) is 0 Å². The summed E-state index contributed by atoms with van der Waals surface area (Å²) in [5.74, 6) is 0.476. The summed E-state index contributed by atoms with van der Waals surface area (Å²) in [5, 5.41) is 9.92. The van der Waals surface area contributed by atoms with Crippen molar-refractivity contribution in [3.63, 3.8) is 0 Å². The molecule has 0 saturated heterocycles. The maximum absolute atomic E-state index is 9.92. The summed E-state index contributed by atoms with van der Waals surface area (Å²) in [4.78, 5) is 4.09. The number of hydrogen-bond donors (Lipinski definition) is 1. The van der Waals surface area contributed by atoms with Crippen LogP contribution < -0.4 is 0 Å². The topological polar surface area (TPSA) is 33.1 Å². The molecule has 1 saturated carbocycles. The minimum Gasteiger partial charge on any atom is -0.388 e. The lowest BCUT2D eigenvalue weighted by atomic mass is 9.79. The molecule has 0 radical (unpaired) electrons. The van der Waals surface area contributed by atoms with Crippen LogP contribution >= 0.6 is 0 Å². The Balaban J connectivity index is 2.14.